The van der Waals surface area contributed by atoms with Crippen molar-refractivity contribution in [3.8, 4) is 5.75 Å². The monoisotopic (exact) mass is 172 g/mol. The van der Waals surface area contributed by atoms with Crippen LogP contribution < -0.4 is 0 Å². The van der Waals surface area contributed by atoms with Crippen molar-refractivity contribution in [2.24, 2.45) is 0 Å². The Balaban J connectivity index is 2.46. The van der Waals surface area contributed by atoms with Gasteiger partial charge in [0, 0.05) is 5.56 Å². The highest BCUT2D eigenvalue weighted by molar-refractivity contribution is 5.75. The van der Waals surface area contributed by atoms with Gasteiger partial charge in [0.15, 0.2) is 0 Å². The second kappa shape index (κ2) is 3.09. The van der Waals surface area contributed by atoms with Crippen LogP contribution in [0.25, 0.3) is 5.57 Å². The molecule has 0 saturated carbocycles. The highest BCUT2D eigenvalue weighted by Gasteiger charge is 2.08. The first-order chi connectivity index (χ1) is 6.29. The number of aromatic hydroxyl groups is 1. The van der Waals surface area contributed by atoms with E-state index in [2.05, 4.69) is 12.2 Å². The van der Waals surface area contributed by atoms with Crippen LogP contribution in [0.4, 0.5) is 0 Å². The Hall–Kier alpha value is -1.50. The lowest BCUT2D eigenvalue weighted by Crippen LogP contribution is -1.84. The van der Waals surface area contributed by atoms with Crippen LogP contribution in [0.1, 0.15) is 17.5 Å². The molecule has 1 aromatic carbocycles. The third-order valence-corrected chi connectivity index (χ3v) is 2.35. The van der Waals surface area contributed by atoms with Crippen molar-refractivity contribution >= 4 is 5.57 Å². The van der Waals surface area contributed by atoms with Gasteiger partial charge in [-0.15, -0.1) is 0 Å². The van der Waals surface area contributed by atoms with Gasteiger partial charge in [-0.2, -0.15) is 0 Å². The molecule has 0 saturated heterocycles. The van der Waals surface area contributed by atoms with Crippen molar-refractivity contribution in [3.63, 3.8) is 0 Å². The number of para-hydroxylation sites is 1. The summed E-state index contributed by atoms with van der Waals surface area (Å²) in [7, 11) is 0. The van der Waals surface area contributed by atoms with E-state index in [0.717, 1.165) is 17.5 Å². The zero-order chi connectivity index (χ0) is 9.26. The predicted octanol–water partition coefficient (Wildman–Crippen LogP) is 3.04. The lowest BCUT2D eigenvalue weighted by Gasteiger charge is -2.07. The summed E-state index contributed by atoms with van der Waals surface area (Å²) in [6.07, 6.45) is 7.10. The molecule has 1 aliphatic carbocycles. The molecule has 1 aromatic rings. The van der Waals surface area contributed by atoms with E-state index >= 15 is 0 Å². The molecular formula is C12H12O. The summed E-state index contributed by atoms with van der Waals surface area (Å²) >= 11 is 0. The molecule has 0 radical (unpaired) electrons. The number of hydrogen-bond donors (Lipinski definition) is 1. The van der Waals surface area contributed by atoms with E-state index < -0.39 is 0 Å². The summed E-state index contributed by atoms with van der Waals surface area (Å²) in [6, 6.07) is 5.85. The third-order valence-electron chi connectivity index (χ3n) is 2.35. The van der Waals surface area contributed by atoms with Crippen molar-refractivity contribution in [1.82, 2.24) is 0 Å². The topological polar surface area (TPSA) is 20.2 Å². The number of rotatable bonds is 1. The van der Waals surface area contributed by atoms with Crippen molar-refractivity contribution in [2.45, 2.75) is 13.3 Å². The van der Waals surface area contributed by atoms with Gasteiger partial charge in [0.05, 0.1) is 0 Å². The maximum Gasteiger partial charge on any atom is 0.125 e. The first-order valence-electron chi connectivity index (χ1n) is 4.43. The van der Waals surface area contributed by atoms with Gasteiger partial charge in [-0.25, -0.2) is 0 Å². The third kappa shape index (κ3) is 1.37. The minimum Gasteiger partial charge on any atom is -0.507 e. The zero-order valence-corrected chi connectivity index (χ0v) is 7.62. The second-order valence-corrected chi connectivity index (χ2v) is 3.30. The number of phenolic OH excluding ortho intramolecular Hbond substituents is 1. The van der Waals surface area contributed by atoms with E-state index in [4.69, 9.17) is 0 Å². The Morgan fingerprint density at radius 3 is 2.85 bits per heavy atom. The van der Waals surface area contributed by atoms with Crippen molar-refractivity contribution < 1.29 is 5.11 Å². The van der Waals surface area contributed by atoms with Crippen LogP contribution in [0.2, 0.25) is 0 Å². The smallest absolute Gasteiger partial charge is 0.125 e. The first-order valence-corrected chi connectivity index (χ1v) is 4.43. The van der Waals surface area contributed by atoms with Gasteiger partial charge in [-0.1, -0.05) is 36.4 Å². The maximum absolute atomic E-state index is 9.79. The fraction of sp³-hybridized carbons (Fsp3) is 0.167. The molecule has 2 rings (SSSR count). The Bertz CT molecular complexity index is 386. The van der Waals surface area contributed by atoms with Crippen LogP contribution in [0.15, 0.2) is 36.4 Å². The molecule has 0 spiro atoms. The van der Waals surface area contributed by atoms with Gasteiger partial charge in [-0.05, 0) is 24.5 Å². The average Bonchev–Trinajstić information content (AvgIpc) is 2.62. The summed E-state index contributed by atoms with van der Waals surface area (Å²) in [5.74, 6) is 0.414. The highest BCUT2D eigenvalue weighted by Crippen LogP contribution is 2.32. The largest absolute Gasteiger partial charge is 0.507 e. The molecule has 1 aliphatic rings. The van der Waals surface area contributed by atoms with E-state index in [-0.39, 0.29) is 0 Å². The van der Waals surface area contributed by atoms with Gasteiger partial charge in [0.25, 0.3) is 0 Å². The van der Waals surface area contributed by atoms with Gasteiger partial charge < -0.3 is 5.11 Å². The van der Waals surface area contributed by atoms with Crippen LogP contribution in [-0.2, 0) is 0 Å². The molecule has 0 bridgehead atoms. The minimum absolute atomic E-state index is 0.414. The molecule has 66 valence electrons. The minimum atomic E-state index is 0.414. The van der Waals surface area contributed by atoms with Crippen LogP contribution in [-0.4, -0.2) is 5.11 Å². The molecule has 1 nitrogen and oxygen atoms in total. The molecule has 1 N–H and O–H groups in total. The highest BCUT2D eigenvalue weighted by atomic mass is 16.3. The quantitative estimate of drug-likeness (QED) is 0.690. The summed E-state index contributed by atoms with van der Waals surface area (Å²) in [4.78, 5) is 0. The molecule has 0 aromatic heterocycles. The molecule has 0 unspecified atom stereocenters. The molecule has 1 heteroatoms. The van der Waals surface area contributed by atoms with Gasteiger partial charge in [0.2, 0.25) is 0 Å². The van der Waals surface area contributed by atoms with Crippen molar-refractivity contribution in [2.75, 3.05) is 0 Å². The summed E-state index contributed by atoms with van der Waals surface area (Å²) in [5.41, 5.74) is 3.09. The Morgan fingerprint density at radius 1 is 1.31 bits per heavy atom. The molecule has 0 fully saturated rings. The Morgan fingerprint density at radius 2 is 2.15 bits per heavy atom. The van der Waals surface area contributed by atoms with E-state index in [1.165, 1.54) is 5.57 Å². The van der Waals surface area contributed by atoms with Crippen LogP contribution in [0.5, 0.6) is 5.75 Å². The van der Waals surface area contributed by atoms with Crippen LogP contribution in [0.3, 0.4) is 0 Å². The fourth-order valence-corrected chi connectivity index (χ4v) is 1.57. The predicted molar refractivity (Wildman–Crippen MR) is 54.6 cm³/mol. The number of allylic oxidation sites excluding steroid dienone is 4. The van der Waals surface area contributed by atoms with Crippen molar-refractivity contribution in [3.05, 3.63) is 47.6 Å². The van der Waals surface area contributed by atoms with Crippen molar-refractivity contribution in [1.29, 1.82) is 0 Å². The first kappa shape index (κ1) is 8.11. The molecule has 0 atom stereocenters. The van der Waals surface area contributed by atoms with Gasteiger partial charge >= 0.3 is 0 Å². The Labute approximate surface area is 78.0 Å². The van der Waals surface area contributed by atoms with E-state index in [9.17, 15) is 5.11 Å². The number of hydrogen-bond acceptors (Lipinski definition) is 1. The average molecular weight is 172 g/mol. The normalized spacial score (nSPS) is 14.7. The van der Waals surface area contributed by atoms with Crippen LogP contribution in [0, 0.1) is 6.92 Å². The zero-order valence-electron chi connectivity index (χ0n) is 7.62. The standard InChI is InChI=1S/C12H12O/c1-9-5-4-8-11(12(9)13)10-6-2-3-7-10/h2-6,8,13H,7H2,1H3. The molecule has 0 amide bonds. The van der Waals surface area contributed by atoms with Gasteiger partial charge in [-0.3, -0.25) is 0 Å². The lowest BCUT2D eigenvalue weighted by molar-refractivity contribution is 0.469. The fourth-order valence-electron chi connectivity index (χ4n) is 1.57. The number of benzene rings is 1. The maximum atomic E-state index is 9.79. The molecule has 13 heavy (non-hydrogen) atoms. The van der Waals surface area contributed by atoms with E-state index in [1.54, 1.807) is 0 Å². The van der Waals surface area contributed by atoms with E-state index in [1.807, 2.05) is 31.2 Å². The molecular weight excluding hydrogens is 160 g/mol. The second-order valence-electron chi connectivity index (χ2n) is 3.30. The van der Waals surface area contributed by atoms with Gasteiger partial charge in [0.1, 0.15) is 5.75 Å². The lowest BCUT2D eigenvalue weighted by atomic mass is 10.0. The van der Waals surface area contributed by atoms with E-state index in [0.29, 0.717) is 5.75 Å². The summed E-state index contributed by atoms with van der Waals surface area (Å²) in [6.45, 7) is 1.92. The number of phenols is 1. The Kier molecular flexibility index (Phi) is 1.93. The molecule has 0 heterocycles. The number of aryl methyl sites for hydroxylation is 1. The summed E-state index contributed by atoms with van der Waals surface area (Å²) in [5, 5.41) is 9.79. The van der Waals surface area contributed by atoms with Crippen LogP contribution >= 0.6 is 0 Å². The molecule has 0 aliphatic heterocycles. The SMILES string of the molecule is Cc1cccc(C2=CC=CC2)c1O. The summed E-state index contributed by atoms with van der Waals surface area (Å²) < 4.78 is 0.